The van der Waals surface area contributed by atoms with Gasteiger partial charge in [0.05, 0.1) is 23.9 Å². The first-order chi connectivity index (χ1) is 17.2. The number of nitrogens with one attached hydrogen (secondary N) is 2. The molecule has 1 aromatic carbocycles. The van der Waals surface area contributed by atoms with E-state index in [0.717, 1.165) is 31.2 Å². The van der Waals surface area contributed by atoms with Gasteiger partial charge in [-0.2, -0.15) is 5.26 Å². The SMILES string of the molecule is CNC(=O)C(C)(C)CCc1ccc(NC(=S)N(C(=O)C2CCC2)/C(=C/C=C(/C#N)COC)CF)cc1. The average Bonchev–Trinajstić information content (AvgIpc) is 2.83. The molecule has 9 heteroatoms. The predicted octanol–water partition coefficient (Wildman–Crippen LogP) is 4.67. The van der Waals surface area contributed by atoms with Crippen LogP contribution in [0.3, 0.4) is 0 Å². The van der Waals surface area contributed by atoms with Crippen LogP contribution in [-0.4, -0.2) is 49.3 Å². The van der Waals surface area contributed by atoms with Crippen LogP contribution in [0.25, 0.3) is 0 Å². The summed E-state index contributed by atoms with van der Waals surface area (Å²) in [5, 5.41) is 15.0. The van der Waals surface area contributed by atoms with Crippen LogP contribution >= 0.6 is 12.2 Å². The molecule has 0 saturated heterocycles. The highest BCUT2D eigenvalue weighted by molar-refractivity contribution is 7.80. The van der Waals surface area contributed by atoms with E-state index in [4.69, 9.17) is 17.0 Å². The number of methoxy groups -OCH3 is 1. The summed E-state index contributed by atoms with van der Waals surface area (Å²) in [4.78, 5) is 26.4. The van der Waals surface area contributed by atoms with Crippen molar-refractivity contribution in [3.8, 4) is 6.07 Å². The van der Waals surface area contributed by atoms with E-state index in [1.54, 1.807) is 7.05 Å². The number of carbonyl (C=O) groups is 2. The molecule has 7 nitrogen and oxygen atoms in total. The lowest BCUT2D eigenvalue weighted by Gasteiger charge is -2.32. The molecule has 2 N–H and O–H groups in total. The van der Waals surface area contributed by atoms with Gasteiger partial charge < -0.3 is 15.4 Å². The van der Waals surface area contributed by atoms with Crippen molar-refractivity contribution in [2.45, 2.75) is 46.0 Å². The van der Waals surface area contributed by atoms with Gasteiger partial charge in [0.2, 0.25) is 11.8 Å². The Labute approximate surface area is 218 Å². The largest absolute Gasteiger partial charge is 0.379 e. The minimum Gasteiger partial charge on any atom is -0.379 e. The molecule has 36 heavy (non-hydrogen) atoms. The van der Waals surface area contributed by atoms with Gasteiger partial charge in [0.25, 0.3) is 0 Å². The van der Waals surface area contributed by atoms with Gasteiger partial charge in [-0.3, -0.25) is 14.5 Å². The quantitative estimate of drug-likeness (QED) is 0.253. The standard InChI is InChI=1S/C27H35FN4O3S/c1-27(2,25(34)30-3)15-14-19-8-11-22(12-9-19)31-26(36)32(24(33)21-6-5-7-21)23(16-28)13-10-20(17-29)18-35-4/h8-13,21H,5-7,14-16,18H2,1-4H3,(H,30,34)(H,31,36)/b20-10-,23-13+. The molecule has 0 aromatic heterocycles. The second-order valence-electron chi connectivity index (χ2n) is 9.42. The number of hydrogen-bond acceptors (Lipinski definition) is 5. The van der Waals surface area contributed by atoms with E-state index in [1.807, 2.05) is 44.2 Å². The van der Waals surface area contributed by atoms with E-state index in [1.165, 1.54) is 24.2 Å². The minimum atomic E-state index is -0.928. The van der Waals surface area contributed by atoms with Crippen LogP contribution in [0.4, 0.5) is 10.1 Å². The third kappa shape index (κ3) is 7.97. The number of halogens is 1. The molecule has 0 radical (unpaired) electrons. The monoisotopic (exact) mass is 514 g/mol. The summed E-state index contributed by atoms with van der Waals surface area (Å²) in [7, 11) is 3.10. The van der Waals surface area contributed by atoms with Gasteiger partial charge in [-0.25, -0.2) is 4.39 Å². The molecule has 0 aliphatic heterocycles. The number of carbonyl (C=O) groups excluding carboxylic acids is 2. The molecule has 0 heterocycles. The van der Waals surface area contributed by atoms with Crippen molar-refractivity contribution in [1.29, 1.82) is 5.26 Å². The van der Waals surface area contributed by atoms with Crippen molar-refractivity contribution in [2.24, 2.45) is 11.3 Å². The number of allylic oxidation sites excluding steroid dienone is 3. The fraction of sp³-hybridized carbons (Fsp3) is 0.481. The fourth-order valence-electron chi connectivity index (χ4n) is 3.70. The first-order valence-corrected chi connectivity index (χ1v) is 12.4. The number of ether oxygens (including phenoxy) is 1. The number of nitriles is 1. The Kier molecular flexibility index (Phi) is 11.2. The van der Waals surface area contributed by atoms with Gasteiger partial charge >= 0.3 is 0 Å². The Morgan fingerprint density at radius 1 is 1.28 bits per heavy atom. The van der Waals surface area contributed by atoms with Crippen molar-refractivity contribution in [1.82, 2.24) is 10.2 Å². The zero-order chi connectivity index (χ0) is 26.7. The average molecular weight is 515 g/mol. The number of rotatable bonds is 11. The van der Waals surface area contributed by atoms with E-state index in [-0.39, 0.29) is 35.1 Å². The topological polar surface area (TPSA) is 94.5 Å². The van der Waals surface area contributed by atoms with E-state index in [0.29, 0.717) is 17.7 Å². The first kappa shape index (κ1) is 29.1. The van der Waals surface area contributed by atoms with E-state index < -0.39 is 12.1 Å². The summed E-state index contributed by atoms with van der Waals surface area (Å²) in [5.41, 5.74) is 1.59. The van der Waals surface area contributed by atoms with Crippen molar-refractivity contribution in [2.75, 3.05) is 32.8 Å². The molecule has 1 aromatic rings. The van der Waals surface area contributed by atoms with Gasteiger partial charge in [-0.1, -0.05) is 32.4 Å². The van der Waals surface area contributed by atoms with Gasteiger partial charge in [-0.05, 0) is 67.7 Å². The van der Waals surface area contributed by atoms with Gasteiger partial charge in [0, 0.05) is 31.2 Å². The second kappa shape index (κ2) is 13.9. The highest BCUT2D eigenvalue weighted by Gasteiger charge is 2.33. The minimum absolute atomic E-state index is 0.00182. The van der Waals surface area contributed by atoms with Gasteiger partial charge in [0.1, 0.15) is 6.67 Å². The third-order valence-corrected chi connectivity index (χ3v) is 6.59. The van der Waals surface area contributed by atoms with Crippen LogP contribution in [0.5, 0.6) is 0 Å². The maximum Gasteiger partial charge on any atom is 0.236 e. The summed E-state index contributed by atoms with van der Waals surface area (Å²) < 4.78 is 19.1. The predicted molar refractivity (Wildman–Crippen MR) is 143 cm³/mol. The summed E-state index contributed by atoms with van der Waals surface area (Å²) >= 11 is 5.53. The molecule has 194 valence electrons. The van der Waals surface area contributed by atoms with Gasteiger partial charge in [-0.15, -0.1) is 0 Å². The molecule has 2 rings (SSSR count). The Morgan fingerprint density at radius 2 is 1.94 bits per heavy atom. The molecule has 0 spiro atoms. The highest BCUT2D eigenvalue weighted by atomic mass is 32.1. The summed E-state index contributed by atoms with van der Waals surface area (Å²) in [6.45, 7) is 2.98. The fourth-order valence-corrected chi connectivity index (χ4v) is 4.03. The normalized spacial score (nSPS) is 14.4. The molecule has 1 aliphatic rings. The van der Waals surface area contributed by atoms with Crippen LogP contribution < -0.4 is 10.6 Å². The van der Waals surface area contributed by atoms with Crippen molar-refractivity contribution in [3.63, 3.8) is 0 Å². The first-order valence-electron chi connectivity index (χ1n) is 12.0. The van der Waals surface area contributed by atoms with Crippen molar-refractivity contribution in [3.05, 3.63) is 53.3 Å². The zero-order valence-corrected chi connectivity index (χ0v) is 22.2. The Morgan fingerprint density at radius 3 is 2.44 bits per heavy atom. The Balaban J connectivity index is 2.19. The molecule has 0 atom stereocenters. The number of anilines is 1. The summed E-state index contributed by atoms with van der Waals surface area (Å²) in [6, 6.07) is 9.54. The number of aryl methyl sites for hydroxylation is 1. The van der Waals surface area contributed by atoms with Crippen molar-refractivity contribution >= 4 is 34.8 Å². The smallest absolute Gasteiger partial charge is 0.236 e. The van der Waals surface area contributed by atoms with Crippen LogP contribution in [-0.2, 0) is 20.7 Å². The third-order valence-electron chi connectivity index (χ3n) is 6.31. The summed E-state index contributed by atoms with van der Waals surface area (Å²) in [5.74, 6) is -0.462. The molecule has 1 aliphatic carbocycles. The molecule has 2 amide bonds. The second-order valence-corrected chi connectivity index (χ2v) is 9.81. The molecule has 1 fully saturated rings. The molecule has 1 saturated carbocycles. The maximum absolute atomic E-state index is 14.1. The van der Waals surface area contributed by atoms with Crippen LogP contribution in [0.1, 0.15) is 45.1 Å². The summed E-state index contributed by atoms with van der Waals surface area (Å²) in [6.07, 6.45) is 6.68. The number of amides is 2. The maximum atomic E-state index is 14.1. The van der Waals surface area contributed by atoms with Gasteiger partial charge in [0.15, 0.2) is 5.11 Å². The van der Waals surface area contributed by atoms with E-state index in [2.05, 4.69) is 10.6 Å². The van der Waals surface area contributed by atoms with Crippen LogP contribution in [0.15, 0.2) is 47.7 Å². The van der Waals surface area contributed by atoms with E-state index >= 15 is 0 Å². The lowest BCUT2D eigenvalue weighted by atomic mass is 9.84. The lowest BCUT2D eigenvalue weighted by molar-refractivity contribution is -0.132. The molecular formula is C27H35FN4O3S. The highest BCUT2D eigenvalue weighted by Crippen LogP contribution is 2.30. The van der Waals surface area contributed by atoms with Crippen LogP contribution in [0, 0.1) is 22.7 Å². The Bertz CT molecular complexity index is 1040. The molecule has 0 bridgehead atoms. The van der Waals surface area contributed by atoms with Crippen molar-refractivity contribution < 1.29 is 18.7 Å². The number of hydrogen-bond donors (Lipinski definition) is 2. The van der Waals surface area contributed by atoms with Crippen LogP contribution in [0.2, 0.25) is 0 Å². The number of alkyl halides is 1. The number of thiocarbonyl (C=S) groups is 1. The number of benzene rings is 1. The number of nitrogens with zero attached hydrogens (tertiary/aromatic N) is 2. The van der Waals surface area contributed by atoms with E-state index in [9.17, 15) is 19.2 Å². The lowest BCUT2D eigenvalue weighted by Crippen LogP contribution is -2.44. The Hall–Kier alpha value is -3.09. The zero-order valence-electron chi connectivity index (χ0n) is 21.4. The molecular weight excluding hydrogens is 479 g/mol. The molecule has 0 unspecified atom stereocenters.